The number of thioether (sulfide) groups is 1. The molecule has 88 valence electrons. The van der Waals surface area contributed by atoms with E-state index < -0.39 is 0 Å². The molecular formula is C12H13N3OS. The number of pyridine rings is 1. The second-order valence-corrected chi connectivity index (χ2v) is 5.13. The van der Waals surface area contributed by atoms with Crippen molar-refractivity contribution in [2.24, 2.45) is 0 Å². The van der Waals surface area contributed by atoms with Gasteiger partial charge in [-0.15, -0.1) is 0 Å². The number of rotatable bonds is 2. The van der Waals surface area contributed by atoms with Crippen molar-refractivity contribution in [2.45, 2.75) is 12.5 Å². The first-order valence-electron chi connectivity index (χ1n) is 5.43. The van der Waals surface area contributed by atoms with Gasteiger partial charge < -0.3 is 4.90 Å². The summed E-state index contributed by atoms with van der Waals surface area (Å²) in [6.45, 7) is 0. The number of hydrogen-bond donors (Lipinski definition) is 0. The van der Waals surface area contributed by atoms with Gasteiger partial charge in [-0.3, -0.25) is 4.79 Å². The molecule has 4 nitrogen and oxygen atoms in total. The number of carbonyl (C=O) groups excluding carboxylic acids is 1. The van der Waals surface area contributed by atoms with Crippen LogP contribution in [-0.4, -0.2) is 40.4 Å². The Bertz CT molecular complexity index is 446. The van der Waals surface area contributed by atoms with Crippen LogP contribution in [0.1, 0.15) is 22.5 Å². The highest BCUT2D eigenvalue weighted by Gasteiger charge is 2.25. The first kappa shape index (κ1) is 11.9. The molecule has 1 atom stereocenters. The Labute approximate surface area is 105 Å². The lowest BCUT2D eigenvalue weighted by atomic mass is 10.2. The Morgan fingerprint density at radius 2 is 2.47 bits per heavy atom. The fourth-order valence-corrected chi connectivity index (χ4v) is 3.03. The molecule has 1 saturated heterocycles. The minimum atomic E-state index is -0.0676. The van der Waals surface area contributed by atoms with Crippen molar-refractivity contribution in [3.8, 4) is 6.07 Å². The molecule has 0 aromatic carbocycles. The molecule has 1 aliphatic heterocycles. The fourth-order valence-electron chi connectivity index (χ4n) is 1.76. The number of hydrogen-bond acceptors (Lipinski definition) is 4. The number of nitrogens with zero attached hydrogens (tertiary/aromatic N) is 3. The van der Waals surface area contributed by atoms with E-state index in [0.717, 1.165) is 17.9 Å². The van der Waals surface area contributed by atoms with Crippen LogP contribution in [0.5, 0.6) is 0 Å². The molecule has 1 aliphatic rings. The lowest BCUT2D eigenvalue weighted by Gasteiger charge is -2.23. The topological polar surface area (TPSA) is 57.0 Å². The molecule has 1 aromatic heterocycles. The van der Waals surface area contributed by atoms with E-state index in [1.54, 1.807) is 17.0 Å². The van der Waals surface area contributed by atoms with Crippen LogP contribution in [-0.2, 0) is 0 Å². The molecule has 5 heteroatoms. The quantitative estimate of drug-likeness (QED) is 0.795. The smallest absolute Gasteiger partial charge is 0.272 e. The summed E-state index contributed by atoms with van der Waals surface area (Å²) in [5.41, 5.74) is 0.879. The zero-order valence-electron chi connectivity index (χ0n) is 9.59. The standard InChI is InChI=1S/C12H13N3OS/c1-15(10-4-5-17-8-10)12(16)11-3-2-9(6-13)7-14-11/h2-3,7,10H,4-5,8H2,1H3. The molecule has 1 aromatic rings. The second kappa shape index (κ2) is 5.19. The first-order valence-corrected chi connectivity index (χ1v) is 6.59. The van der Waals surface area contributed by atoms with Gasteiger partial charge in [0.15, 0.2) is 0 Å². The van der Waals surface area contributed by atoms with E-state index in [1.165, 1.54) is 6.20 Å². The van der Waals surface area contributed by atoms with E-state index in [0.29, 0.717) is 17.3 Å². The van der Waals surface area contributed by atoms with Gasteiger partial charge in [-0.25, -0.2) is 4.98 Å². The summed E-state index contributed by atoms with van der Waals surface area (Å²) >= 11 is 1.87. The van der Waals surface area contributed by atoms with Crippen LogP contribution in [0.3, 0.4) is 0 Å². The maximum Gasteiger partial charge on any atom is 0.272 e. The molecule has 1 fully saturated rings. The summed E-state index contributed by atoms with van der Waals surface area (Å²) in [5.74, 6) is 2.05. The molecular weight excluding hydrogens is 234 g/mol. The van der Waals surface area contributed by atoms with Gasteiger partial charge in [-0.1, -0.05) is 0 Å². The van der Waals surface area contributed by atoms with Gasteiger partial charge in [0.05, 0.1) is 5.56 Å². The van der Waals surface area contributed by atoms with Crippen molar-refractivity contribution in [3.05, 3.63) is 29.6 Å². The van der Waals surface area contributed by atoms with Crippen molar-refractivity contribution >= 4 is 17.7 Å². The van der Waals surface area contributed by atoms with Gasteiger partial charge >= 0.3 is 0 Å². The van der Waals surface area contributed by atoms with Crippen LogP contribution in [0, 0.1) is 11.3 Å². The Morgan fingerprint density at radius 1 is 1.65 bits per heavy atom. The van der Waals surface area contributed by atoms with Gasteiger partial charge in [-0.2, -0.15) is 17.0 Å². The van der Waals surface area contributed by atoms with Gasteiger partial charge in [0.1, 0.15) is 11.8 Å². The molecule has 2 rings (SSSR count). The Morgan fingerprint density at radius 3 is 3.00 bits per heavy atom. The maximum atomic E-state index is 12.1. The second-order valence-electron chi connectivity index (χ2n) is 3.98. The van der Waals surface area contributed by atoms with Crippen molar-refractivity contribution in [3.63, 3.8) is 0 Å². The molecule has 1 amide bonds. The number of carbonyl (C=O) groups is 1. The van der Waals surface area contributed by atoms with Crippen molar-refractivity contribution < 1.29 is 4.79 Å². The van der Waals surface area contributed by atoms with Crippen LogP contribution in [0.4, 0.5) is 0 Å². The highest BCUT2D eigenvalue weighted by atomic mass is 32.2. The summed E-state index contributed by atoms with van der Waals surface area (Å²) in [7, 11) is 1.82. The minimum absolute atomic E-state index is 0.0676. The largest absolute Gasteiger partial charge is 0.337 e. The van der Waals surface area contributed by atoms with Crippen LogP contribution in [0.25, 0.3) is 0 Å². The zero-order valence-corrected chi connectivity index (χ0v) is 10.4. The van der Waals surface area contributed by atoms with Crippen LogP contribution in [0.2, 0.25) is 0 Å². The summed E-state index contributed by atoms with van der Waals surface area (Å²) in [6.07, 6.45) is 2.48. The monoisotopic (exact) mass is 247 g/mol. The summed E-state index contributed by atoms with van der Waals surface area (Å²) in [6, 6.07) is 5.53. The molecule has 0 aliphatic carbocycles. The molecule has 0 spiro atoms. The Kier molecular flexibility index (Phi) is 3.64. The summed E-state index contributed by atoms with van der Waals surface area (Å²) in [4.78, 5) is 17.9. The van der Waals surface area contributed by atoms with Crippen molar-refractivity contribution in [1.82, 2.24) is 9.88 Å². The summed E-state index contributed by atoms with van der Waals surface area (Å²) in [5, 5.41) is 8.66. The van der Waals surface area contributed by atoms with Crippen LogP contribution in [0.15, 0.2) is 18.3 Å². The van der Waals surface area contributed by atoms with Gasteiger partial charge in [0.2, 0.25) is 0 Å². The van der Waals surface area contributed by atoms with Crippen molar-refractivity contribution in [1.29, 1.82) is 5.26 Å². The first-order chi connectivity index (χ1) is 8.22. The van der Waals surface area contributed by atoms with Gasteiger partial charge in [0, 0.05) is 25.0 Å². The highest BCUT2D eigenvalue weighted by molar-refractivity contribution is 7.99. The molecule has 1 unspecified atom stereocenters. The number of aromatic nitrogens is 1. The molecule has 0 bridgehead atoms. The minimum Gasteiger partial charge on any atom is -0.337 e. The highest BCUT2D eigenvalue weighted by Crippen LogP contribution is 2.22. The lowest BCUT2D eigenvalue weighted by molar-refractivity contribution is 0.0742. The van der Waals surface area contributed by atoms with Crippen LogP contribution < -0.4 is 0 Å². The van der Waals surface area contributed by atoms with E-state index in [1.807, 2.05) is 24.9 Å². The molecule has 0 radical (unpaired) electrons. The average Bonchev–Trinajstić information content (AvgIpc) is 2.91. The summed E-state index contributed by atoms with van der Waals surface area (Å²) < 4.78 is 0. The lowest BCUT2D eigenvalue weighted by Crippen LogP contribution is -2.37. The average molecular weight is 247 g/mol. The maximum absolute atomic E-state index is 12.1. The van der Waals surface area contributed by atoms with Crippen LogP contribution >= 0.6 is 11.8 Å². The molecule has 2 heterocycles. The zero-order chi connectivity index (χ0) is 12.3. The Balaban J connectivity index is 2.10. The Hall–Kier alpha value is -1.54. The van der Waals surface area contributed by atoms with E-state index >= 15 is 0 Å². The third-order valence-electron chi connectivity index (χ3n) is 2.89. The van der Waals surface area contributed by atoms with Gasteiger partial charge in [0.25, 0.3) is 5.91 Å². The van der Waals surface area contributed by atoms with E-state index in [2.05, 4.69) is 4.98 Å². The molecule has 0 N–H and O–H groups in total. The normalized spacial score (nSPS) is 18.7. The third kappa shape index (κ3) is 2.59. The van der Waals surface area contributed by atoms with Gasteiger partial charge in [-0.05, 0) is 24.3 Å². The predicted octanol–water partition coefficient (Wildman–Crippen LogP) is 1.53. The third-order valence-corrected chi connectivity index (χ3v) is 4.03. The number of nitriles is 1. The van der Waals surface area contributed by atoms with Crippen molar-refractivity contribution in [2.75, 3.05) is 18.6 Å². The fraction of sp³-hybridized carbons (Fsp3) is 0.417. The molecule has 0 saturated carbocycles. The SMILES string of the molecule is CN(C(=O)c1ccc(C#N)cn1)C1CCSC1. The van der Waals surface area contributed by atoms with E-state index in [-0.39, 0.29) is 5.91 Å². The predicted molar refractivity (Wildman–Crippen MR) is 66.8 cm³/mol. The number of amides is 1. The van der Waals surface area contributed by atoms with E-state index in [9.17, 15) is 4.79 Å². The molecule has 17 heavy (non-hydrogen) atoms. The van der Waals surface area contributed by atoms with E-state index in [4.69, 9.17) is 5.26 Å².